The fourth-order valence-electron chi connectivity index (χ4n) is 5.88. The van der Waals surface area contributed by atoms with Gasteiger partial charge in [-0.15, -0.1) is 0 Å². The van der Waals surface area contributed by atoms with Crippen LogP contribution >= 0.6 is 0 Å². The molecule has 34 heavy (non-hydrogen) atoms. The zero-order valence-electron chi connectivity index (χ0n) is 21.3. The predicted molar refractivity (Wildman–Crippen MR) is 136 cm³/mol. The van der Waals surface area contributed by atoms with Crippen LogP contribution in [0.2, 0.25) is 0 Å². The molecule has 0 aromatic heterocycles. The summed E-state index contributed by atoms with van der Waals surface area (Å²) in [5.41, 5.74) is 4.22. The maximum Gasteiger partial charge on any atom is 0.211 e. The number of hydrogen-bond donors (Lipinski definition) is 2. The Bertz CT molecular complexity index is 1040. The molecular weight excluding hydrogens is 451 g/mol. The summed E-state index contributed by atoms with van der Waals surface area (Å²) < 4.78 is 38.2. The van der Waals surface area contributed by atoms with Gasteiger partial charge in [0, 0.05) is 6.42 Å². The first-order valence-corrected chi connectivity index (χ1v) is 13.9. The average molecular weight is 493 g/mol. The third-order valence-corrected chi connectivity index (χ3v) is 10.4. The molecule has 3 rings (SSSR count). The molecule has 3 aliphatic rings. The molecule has 0 amide bonds. The third kappa shape index (κ3) is 5.19. The number of aliphatic hydroxyl groups excluding tert-OH is 2. The minimum Gasteiger partial charge on any atom is -0.393 e. The molecule has 6 heteroatoms. The number of hydrogen-bond acceptors (Lipinski definition) is 4. The Labute approximate surface area is 205 Å². The lowest BCUT2D eigenvalue weighted by Gasteiger charge is -2.42. The molecule has 0 aliphatic heterocycles. The van der Waals surface area contributed by atoms with E-state index in [4.69, 9.17) is 0 Å². The molecule has 5 atom stereocenters. The molecule has 190 valence electrons. The highest BCUT2D eigenvalue weighted by atomic mass is 32.2. The van der Waals surface area contributed by atoms with E-state index in [1.807, 2.05) is 6.08 Å². The quantitative estimate of drug-likeness (QED) is 0.455. The van der Waals surface area contributed by atoms with Gasteiger partial charge < -0.3 is 10.2 Å². The third-order valence-electron chi connectivity index (χ3n) is 8.10. The zero-order chi connectivity index (χ0) is 25.5. The normalized spacial score (nSPS) is 34.4. The maximum absolute atomic E-state index is 14.6. The topological polar surface area (TPSA) is 74.6 Å². The Hall–Kier alpha value is -1.50. The highest BCUT2D eigenvalue weighted by Crippen LogP contribution is 2.57. The average Bonchev–Trinajstić information content (AvgIpc) is 3.09. The number of rotatable bonds is 5. The number of halogens is 1. The highest BCUT2D eigenvalue weighted by Gasteiger charge is 2.46. The van der Waals surface area contributed by atoms with E-state index in [0.717, 1.165) is 31.3 Å². The van der Waals surface area contributed by atoms with Crippen molar-refractivity contribution in [3.05, 3.63) is 58.3 Å². The second-order valence-corrected chi connectivity index (χ2v) is 14.2. The summed E-state index contributed by atoms with van der Waals surface area (Å²) in [6.45, 7) is 12.9. The molecule has 0 radical (unpaired) electrons. The van der Waals surface area contributed by atoms with Crippen molar-refractivity contribution in [1.82, 2.24) is 0 Å². The van der Waals surface area contributed by atoms with Crippen LogP contribution in [0.3, 0.4) is 0 Å². The summed E-state index contributed by atoms with van der Waals surface area (Å²) in [5.74, 6) is 0.409. The van der Waals surface area contributed by atoms with Gasteiger partial charge in [0.05, 0.1) is 17.0 Å². The van der Waals surface area contributed by atoms with E-state index in [0.29, 0.717) is 30.8 Å². The molecule has 2 fully saturated rings. The Balaban J connectivity index is 1.77. The van der Waals surface area contributed by atoms with Crippen molar-refractivity contribution in [2.45, 2.75) is 96.5 Å². The van der Waals surface area contributed by atoms with Crippen LogP contribution in [0.25, 0.3) is 0 Å². The molecule has 0 unspecified atom stereocenters. The smallest absolute Gasteiger partial charge is 0.211 e. The minimum atomic E-state index is -3.96. The lowest BCUT2D eigenvalue weighted by Crippen LogP contribution is -2.32. The second kappa shape index (κ2) is 9.87. The summed E-state index contributed by atoms with van der Waals surface area (Å²) in [6.07, 6.45) is 11.7. The van der Waals surface area contributed by atoms with Gasteiger partial charge in [-0.25, -0.2) is 8.42 Å². The first-order chi connectivity index (χ1) is 15.7. The number of allylic oxidation sites excluding steroid dienone is 6. The van der Waals surface area contributed by atoms with Gasteiger partial charge in [0.1, 0.15) is 0 Å². The Morgan fingerprint density at radius 3 is 2.65 bits per heavy atom. The van der Waals surface area contributed by atoms with Crippen LogP contribution in [0, 0.1) is 17.3 Å². The number of sulfone groups is 1. The fourth-order valence-corrected chi connectivity index (χ4v) is 6.78. The van der Waals surface area contributed by atoms with Crippen molar-refractivity contribution in [3.8, 4) is 0 Å². The van der Waals surface area contributed by atoms with Crippen LogP contribution in [-0.2, 0) is 9.84 Å². The molecule has 0 spiro atoms. The van der Waals surface area contributed by atoms with Crippen molar-refractivity contribution in [2.75, 3.05) is 0 Å². The van der Waals surface area contributed by atoms with E-state index in [9.17, 15) is 23.0 Å². The fraction of sp³-hybridized carbons (Fsp3) is 0.643. The molecule has 2 saturated carbocycles. The monoisotopic (exact) mass is 492 g/mol. The highest BCUT2D eigenvalue weighted by molar-refractivity contribution is 7.96. The van der Waals surface area contributed by atoms with Gasteiger partial charge in [-0.1, -0.05) is 49.8 Å². The SMILES string of the molecule is C=C1/C(=C\C=C2/CCC[C@]3(C)C([C@H](C)C/C=C(\F)S(=O)(=O)C(C)(C)C)=CC[C@@H]23)C[C@@H](O)C[C@@H]1O. The molecule has 0 aromatic rings. The van der Waals surface area contributed by atoms with Gasteiger partial charge in [-0.2, -0.15) is 4.39 Å². The van der Waals surface area contributed by atoms with Crippen LogP contribution in [0.15, 0.2) is 58.3 Å². The lowest BCUT2D eigenvalue weighted by atomic mass is 9.62. The Morgan fingerprint density at radius 1 is 1.32 bits per heavy atom. The van der Waals surface area contributed by atoms with Gasteiger partial charge in [-0.05, 0) is 93.8 Å². The summed E-state index contributed by atoms with van der Waals surface area (Å²) in [5, 5.41) is 19.1. The number of aliphatic hydroxyl groups is 2. The molecule has 0 bridgehead atoms. The maximum atomic E-state index is 14.6. The van der Waals surface area contributed by atoms with Crippen molar-refractivity contribution in [2.24, 2.45) is 17.3 Å². The van der Waals surface area contributed by atoms with E-state index in [1.165, 1.54) is 38.0 Å². The van der Waals surface area contributed by atoms with Crippen LogP contribution in [0.4, 0.5) is 4.39 Å². The van der Waals surface area contributed by atoms with Crippen LogP contribution in [-0.4, -0.2) is 35.6 Å². The zero-order valence-corrected chi connectivity index (χ0v) is 22.1. The largest absolute Gasteiger partial charge is 0.393 e. The standard InChI is InChI=1S/C28H41FO4S/c1-18(9-14-26(29)34(32,33)27(3,4)5)23-12-13-24-20(8-7-15-28(23,24)6)10-11-21-16-22(30)17-25(31)19(21)2/h10-12,14,18,22,24-25,30-31H,2,7-9,13,15-17H2,1,3-6H3/b20-10+,21-11-,26-14+/t18-,22-,24+,25+,28-/m1/s1. The van der Waals surface area contributed by atoms with Gasteiger partial charge in [-0.3, -0.25) is 0 Å². The van der Waals surface area contributed by atoms with Crippen molar-refractivity contribution < 1.29 is 23.0 Å². The summed E-state index contributed by atoms with van der Waals surface area (Å²) in [7, 11) is -3.96. The summed E-state index contributed by atoms with van der Waals surface area (Å²) in [6, 6.07) is 0. The molecule has 3 aliphatic carbocycles. The van der Waals surface area contributed by atoms with Crippen LogP contribution in [0.1, 0.15) is 79.6 Å². The van der Waals surface area contributed by atoms with E-state index in [2.05, 4.69) is 32.6 Å². The molecule has 0 heterocycles. The van der Waals surface area contributed by atoms with E-state index < -0.39 is 32.0 Å². The van der Waals surface area contributed by atoms with Crippen molar-refractivity contribution in [1.29, 1.82) is 0 Å². The Morgan fingerprint density at radius 2 is 2.00 bits per heavy atom. The first-order valence-electron chi connectivity index (χ1n) is 12.4. The van der Waals surface area contributed by atoms with Gasteiger partial charge >= 0.3 is 0 Å². The van der Waals surface area contributed by atoms with Crippen LogP contribution in [0.5, 0.6) is 0 Å². The molecule has 0 aromatic carbocycles. The van der Waals surface area contributed by atoms with E-state index in [-0.39, 0.29) is 11.3 Å². The van der Waals surface area contributed by atoms with Crippen molar-refractivity contribution in [3.63, 3.8) is 0 Å². The molecule has 2 N–H and O–H groups in total. The van der Waals surface area contributed by atoms with E-state index in [1.54, 1.807) is 0 Å². The van der Waals surface area contributed by atoms with Crippen LogP contribution < -0.4 is 0 Å². The van der Waals surface area contributed by atoms with E-state index >= 15 is 0 Å². The molecule has 4 nitrogen and oxygen atoms in total. The van der Waals surface area contributed by atoms with Crippen molar-refractivity contribution >= 4 is 9.84 Å². The summed E-state index contributed by atoms with van der Waals surface area (Å²) >= 11 is 0. The number of fused-ring (bicyclic) bond motifs is 1. The summed E-state index contributed by atoms with van der Waals surface area (Å²) in [4.78, 5) is 0. The minimum absolute atomic E-state index is 0.0299. The van der Waals surface area contributed by atoms with Gasteiger partial charge in [0.2, 0.25) is 15.0 Å². The van der Waals surface area contributed by atoms with Gasteiger partial charge in [0.15, 0.2) is 0 Å². The predicted octanol–water partition coefficient (Wildman–Crippen LogP) is 6.10. The Kier molecular flexibility index (Phi) is 7.86. The molecule has 0 saturated heterocycles. The first kappa shape index (κ1) is 27.1. The molecular formula is C28H41FO4S. The lowest BCUT2D eigenvalue weighted by molar-refractivity contribution is 0.0862. The van der Waals surface area contributed by atoms with Gasteiger partial charge in [0.25, 0.3) is 0 Å². The second-order valence-electron chi connectivity index (χ2n) is 11.5.